The quantitative estimate of drug-likeness (QED) is 0.166. The van der Waals surface area contributed by atoms with Crippen molar-refractivity contribution in [3.8, 4) is 5.69 Å². The second-order valence-corrected chi connectivity index (χ2v) is 15.8. The van der Waals surface area contributed by atoms with Gasteiger partial charge in [-0.15, -0.1) is 0 Å². The Morgan fingerprint density at radius 2 is 0.898 bits per heavy atom. The van der Waals surface area contributed by atoms with E-state index in [1.54, 1.807) is 0 Å². The van der Waals surface area contributed by atoms with Gasteiger partial charge in [0.25, 0.3) is 0 Å². The number of nitrogens with zero attached hydrogens (tertiary/aromatic N) is 2. The molecule has 0 aliphatic carbocycles. The van der Waals surface area contributed by atoms with Crippen LogP contribution in [0.5, 0.6) is 0 Å². The lowest BCUT2D eigenvalue weighted by Crippen LogP contribution is -2.10. The van der Waals surface area contributed by atoms with Gasteiger partial charge in [-0.3, -0.25) is 0 Å². The molecule has 6 aromatic carbocycles. The average Bonchev–Trinajstić information content (AvgIpc) is 3.59. The van der Waals surface area contributed by atoms with E-state index in [0.717, 1.165) is 6.54 Å². The van der Waals surface area contributed by atoms with E-state index in [4.69, 9.17) is 0 Å². The molecule has 0 N–H and O–H groups in total. The van der Waals surface area contributed by atoms with Crippen LogP contribution in [0.1, 0.15) is 82.2 Å². The first-order chi connectivity index (χ1) is 23.5. The van der Waals surface area contributed by atoms with Crippen molar-refractivity contribution in [3.05, 3.63) is 161 Å². The largest absolute Gasteiger partial charge is 0.341 e. The molecule has 8 rings (SSSR count). The molecule has 0 fully saturated rings. The normalized spacial score (nSPS) is 12.7. The van der Waals surface area contributed by atoms with E-state index in [9.17, 15) is 0 Å². The van der Waals surface area contributed by atoms with Crippen molar-refractivity contribution < 1.29 is 0 Å². The molecule has 2 heteroatoms. The molecule has 0 aliphatic heterocycles. The highest BCUT2D eigenvalue weighted by Crippen LogP contribution is 2.40. The van der Waals surface area contributed by atoms with Gasteiger partial charge in [-0.1, -0.05) is 120 Å². The zero-order valence-electron chi connectivity index (χ0n) is 29.9. The van der Waals surface area contributed by atoms with Gasteiger partial charge in [-0.05, 0) is 100 Å². The number of aromatic nitrogens is 2. The first-order valence-corrected chi connectivity index (χ1v) is 17.8. The smallest absolute Gasteiger partial charge is 0.0541 e. The van der Waals surface area contributed by atoms with E-state index in [1.807, 2.05) is 0 Å². The van der Waals surface area contributed by atoms with Crippen molar-refractivity contribution >= 4 is 43.6 Å². The molecule has 2 aromatic heterocycles. The standard InChI is InChI=1S/C47H46N2/c1-8-48-41-23-19-33(45(31-15-11-9-12-16-31)32-17-13-10-14-18-32)27-37(41)40-30-36(22-26-42(40)48)49-43-24-20-34(46(2,3)4)28-38(43)39-29-35(47(5,6)7)21-25-44(39)49/h9-30,45H,8H2,1-7H3. The Kier molecular flexibility index (Phi) is 7.33. The van der Waals surface area contributed by atoms with Gasteiger partial charge in [-0.2, -0.15) is 0 Å². The Bertz CT molecular complexity index is 2370. The van der Waals surface area contributed by atoms with Crippen molar-refractivity contribution in [1.82, 2.24) is 9.13 Å². The fourth-order valence-corrected chi connectivity index (χ4v) is 7.87. The molecule has 0 atom stereocenters. The number of fused-ring (bicyclic) bond motifs is 6. The molecule has 2 heterocycles. The van der Waals surface area contributed by atoms with E-state index < -0.39 is 0 Å². The third-order valence-electron chi connectivity index (χ3n) is 10.5. The highest BCUT2D eigenvalue weighted by molar-refractivity contribution is 6.12. The number of rotatable bonds is 5. The first-order valence-electron chi connectivity index (χ1n) is 17.8. The third kappa shape index (κ3) is 5.26. The summed E-state index contributed by atoms with van der Waals surface area (Å²) < 4.78 is 4.95. The maximum Gasteiger partial charge on any atom is 0.0541 e. The molecule has 0 radical (unpaired) electrons. The Morgan fingerprint density at radius 3 is 1.39 bits per heavy atom. The van der Waals surface area contributed by atoms with Gasteiger partial charge in [0.1, 0.15) is 0 Å². The molecule has 244 valence electrons. The molecule has 0 saturated heterocycles. The number of benzene rings is 6. The molecular weight excluding hydrogens is 593 g/mol. The van der Waals surface area contributed by atoms with Crippen LogP contribution < -0.4 is 0 Å². The van der Waals surface area contributed by atoms with Crippen LogP contribution in [-0.2, 0) is 17.4 Å². The first kappa shape index (κ1) is 31.2. The van der Waals surface area contributed by atoms with E-state index in [0.29, 0.717) is 0 Å². The lowest BCUT2D eigenvalue weighted by Gasteiger charge is -2.19. The van der Waals surface area contributed by atoms with E-state index in [-0.39, 0.29) is 16.7 Å². The maximum atomic E-state index is 2.48. The Labute approximate surface area is 290 Å². The molecule has 2 nitrogen and oxygen atoms in total. The summed E-state index contributed by atoms with van der Waals surface area (Å²) in [7, 11) is 0. The highest BCUT2D eigenvalue weighted by atomic mass is 15.0. The van der Waals surface area contributed by atoms with Gasteiger partial charge in [0, 0.05) is 50.7 Å². The summed E-state index contributed by atoms with van der Waals surface area (Å²) in [5.41, 5.74) is 13.1. The molecule has 0 unspecified atom stereocenters. The minimum atomic E-state index is 0.0697. The summed E-state index contributed by atoms with van der Waals surface area (Å²) in [4.78, 5) is 0. The van der Waals surface area contributed by atoms with Crippen LogP contribution in [0, 0.1) is 0 Å². The number of aryl methyl sites for hydroxylation is 1. The van der Waals surface area contributed by atoms with Gasteiger partial charge in [-0.25, -0.2) is 0 Å². The summed E-state index contributed by atoms with van der Waals surface area (Å²) >= 11 is 0. The summed E-state index contributed by atoms with van der Waals surface area (Å²) in [5, 5.41) is 5.24. The molecule has 0 spiro atoms. The fourth-order valence-electron chi connectivity index (χ4n) is 7.87. The van der Waals surface area contributed by atoms with Crippen LogP contribution in [0.15, 0.2) is 133 Å². The van der Waals surface area contributed by atoms with Crippen LogP contribution >= 0.6 is 0 Å². The van der Waals surface area contributed by atoms with Crippen molar-refractivity contribution in [3.63, 3.8) is 0 Å². The highest BCUT2D eigenvalue weighted by Gasteiger charge is 2.23. The van der Waals surface area contributed by atoms with E-state index in [1.165, 1.54) is 77.1 Å². The summed E-state index contributed by atoms with van der Waals surface area (Å²) in [6, 6.07) is 50.3. The molecular formula is C47H46N2. The Morgan fingerprint density at radius 1 is 0.449 bits per heavy atom. The lowest BCUT2D eigenvalue weighted by molar-refractivity contribution is 0.590. The molecule has 0 bridgehead atoms. The Balaban J connectivity index is 1.38. The van der Waals surface area contributed by atoms with Crippen LogP contribution in [0.3, 0.4) is 0 Å². The number of hydrogen-bond donors (Lipinski definition) is 0. The van der Waals surface area contributed by atoms with Gasteiger partial charge >= 0.3 is 0 Å². The van der Waals surface area contributed by atoms with Crippen molar-refractivity contribution in [1.29, 1.82) is 0 Å². The molecule has 8 aromatic rings. The van der Waals surface area contributed by atoms with Crippen LogP contribution in [0.2, 0.25) is 0 Å². The zero-order chi connectivity index (χ0) is 34.1. The topological polar surface area (TPSA) is 9.86 Å². The minimum absolute atomic E-state index is 0.0697. The molecule has 0 amide bonds. The minimum Gasteiger partial charge on any atom is -0.341 e. The van der Waals surface area contributed by atoms with E-state index >= 15 is 0 Å². The SMILES string of the molecule is CCn1c2ccc(C(c3ccccc3)c3ccccc3)cc2c2cc(-n3c4ccc(C(C)(C)C)cc4c4cc(C(C)(C)C)ccc43)ccc21. The Hall–Kier alpha value is -5.08. The van der Waals surface area contributed by atoms with E-state index in [2.05, 4.69) is 191 Å². The summed E-state index contributed by atoms with van der Waals surface area (Å²) in [6.07, 6.45) is 0. The lowest BCUT2D eigenvalue weighted by atomic mass is 9.84. The molecule has 49 heavy (non-hydrogen) atoms. The number of hydrogen-bond acceptors (Lipinski definition) is 0. The fraction of sp³-hybridized carbons (Fsp3) is 0.234. The average molecular weight is 639 g/mol. The van der Waals surface area contributed by atoms with Crippen LogP contribution in [0.4, 0.5) is 0 Å². The van der Waals surface area contributed by atoms with Gasteiger partial charge in [0.15, 0.2) is 0 Å². The zero-order valence-corrected chi connectivity index (χ0v) is 29.9. The molecule has 0 saturated carbocycles. The third-order valence-corrected chi connectivity index (χ3v) is 10.5. The van der Waals surface area contributed by atoms with Crippen molar-refractivity contribution in [2.45, 2.75) is 71.8 Å². The summed E-state index contributed by atoms with van der Waals surface area (Å²) in [5.74, 6) is 0.154. The van der Waals surface area contributed by atoms with Gasteiger partial charge in [0.2, 0.25) is 0 Å². The van der Waals surface area contributed by atoms with Crippen LogP contribution in [0.25, 0.3) is 49.3 Å². The van der Waals surface area contributed by atoms with Crippen molar-refractivity contribution in [2.75, 3.05) is 0 Å². The summed E-state index contributed by atoms with van der Waals surface area (Å²) in [6.45, 7) is 17.0. The van der Waals surface area contributed by atoms with Gasteiger partial charge < -0.3 is 9.13 Å². The maximum absolute atomic E-state index is 2.48. The molecule has 0 aliphatic rings. The monoisotopic (exact) mass is 638 g/mol. The predicted octanol–water partition coefficient (Wildman–Crippen LogP) is 12.7. The van der Waals surface area contributed by atoms with Gasteiger partial charge in [0.05, 0.1) is 11.0 Å². The van der Waals surface area contributed by atoms with Crippen LogP contribution in [-0.4, -0.2) is 9.13 Å². The van der Waals surface area contributed by atoms with Crippen molar-refractivity contribution in [2.24, 2.45) is 0 Å². The second kappa shape index (κ2) is 11.5. The second-order valence-electron chi connectivity index (χ2n) is 15.8. The predicted molar refractivity (Wildman–Crippen MR) is 211 cm³/mol.